The van der Waals surface area contributed by atoms with E-state index in [1.54, 1.807) is 5.38 Å². The predicted octanol–water partition coefficient (Wildman–Crippen LogP) is 4.10. The van der Waals surface area contributed by atoms with Crippen molar-refractivity contribution in [1.29, 1.82) is 5.26 Å². The van der Waals surface area contributed by atoms with Crippen LogP contribution in [0.5, 0.6) is 0 Å². The Kier molecular flexibility index (Phi) is 8.36. The summed E-state index contributed by atoms with van der Waals surface area (Å²) in [5.41, 5.74) is -0.142. The van der Waals surface area contributed by atoms with Crippen LogP contribution in [0.15, 0.2) is 46.0 Å². The van der Waals surface area contributed by atoms with Crippen molar-refractivity contribution in [3.05, 3.63) is 62.5 Å². The molecule has 0 spiro atoms. The molecule has 15 heteroatoms. The van der Waals surface area contributed by atoms with Gasteiger partial charge in [0.25, 0.3) is 0 Å². The van der Waals surface area contributed by atoms with Crippen molar-refractivity contribution < 1.29 is 32.6 Å². The molecular weight excluding hydrogens is 573 g/mol. The Morgan fingerprint density at radius 3 is 2.49 bits per heavy atom. The second-order valence-electron chi connectivity index (χ2n) is 9.07. The minimum Gasteiger partial charge on any atom is -0.478 e. The van der Waals surface area contributed by atoms with Crippen LogP contribution in [0, 0.1) is 23.1 Å². The zero-order valence-corrected chi connectivity index (χ0v) is 22.9. The number of hydrogen-bond acceptors (Lipinski definition) is 8. The number of halogens is 2. The minimum absolute atomic E-state index is 0.0604. The van der Waals surface area contributed by atoms with Crippen molar-refractivity contribution in [3.8, 4) is 6.07 Å². The molecule has 206 valence electrons. The first-order valence-corrected chi connectivity index (χ1v) is 14.8. The van der Waals surface area contributed by atoms with Gasteiger partial charge in [0.05, 0.1) is 23.6 Å². The lowest BCUT2D eigenvalue weighted by Crippen LogP contribution is -2.46. The maximum absolute atomic E-state index is 13.9. The predicted molar refractivity (Wildman–Crippen MR) is 140 cm³/mol. The highest BCUT2D eigenvalue weighted by atomic mass is 35.5. The van der Waals surface area contributed by atoms with Crippen molar-refractivity contribution in [2.45, 2.75) is 37.8 Å². The molecule has 0 bridgehead atoms. The molecule has 4 rings (SSSR count). The molecule has 1 unspecified atom stereocenters. The van der Waals surface area contributed by atoms with Gasteiger partial charge in [0, 0.05) is 28.6 Å². The van der Waals surface area contributed by atoms with Gasteiger partial charge in [-0.3, -0.25) is 0 Å². The molecule has 0 radical (unpaired) electrons. The number of carboxylic acid groups (broad SMARTS) is 2. The number of allylic oxidation sites excluding steroid dienone is 1. The molecule has 2 N–H and O–H groups in total. The number of thiazole rings is 1. The summed E-state index contributed by atoms with van der Waals surface area (Å²) < 4.78 is 39.5. The lowest BCUT2D eigenvalue weighted by atomic mass is 9.80. The summed E-state index contributed by atoms with van der Waals surface area (Å²) in [4.78, 5) is 34.8. The van der Waals surface area contributed by atoms with Crippen LogP contribution in [0.1, 0.15) is 42.3 Å². The number of benzene rings is 1. The maximum Gasteiger partial charge on any atom is 0.413 e. The van der Waals surface area contributed by atoms with Gasteiger partial charge in [-0.05, 0) is 43.4 Å². The van der Waals surface area contributed by atoms with Gasteiger partial charge in [-0.15, -0.1) is 11.3 Å². The highest BCUT2D eigenvalue weighted by Gasteiger charge is 2.45. The summed E-state index contributed by atoms with van der Waals surface area (Å²) in [5, 5.41) is 31.4. The number of sulfonamides is 1. The summed E-state index contributed by atoms with van der Waals surface area (Å²) in [6, 6.07) is 3.25. The summed E-state index contributed by atoms with van der Waals surface area (Å²) in [7, 11) is -3.65. The monoisotopic (exact) mass is 595 g/mol. The number of aromatic nitrogens is 1. The van der Waals surface area contributed by atoms with Crippen LogP contribution in [0.25, 0.3) is 0 Å². The summed E-state index contributed by atoms with van der Waals surface area (Å²) in [6.07, 6.45) is 2.32. The standard InChI is InChI=1S/C24H23ClFN5O6S2/c1-39(36,37)30(10-8-27)15-5-2-13(3-6-15)19-18(23(32)33)20(16-7-4-14(26)12-17(16)25)31(24(34)35)21(29-19)22-28-9-11-38-22/h4,7,9,11-13,15,20H,2-3,5-6,10H2,1H3,(H,32,33)(H,34,35). The number of aliphatic carboxylic acids is 1. The van der Waals surface area contributed by atoms with E-state index >= 15 is 0 Å². The van der Waals surface area contributed by atoms with Crippen LogP contribution in [-0.2, 0) is 14.8 Å². The van der Waals surface area contributed by atoms with E-state index in [9.17, 15) is 32.6 Å². The fourth-order valence-corrected chi connectivity index (χ4v) is 7.02. The first-order valence-electron chi connectivity index (χ1n) is 11.7. The summed E-state index contributed by atoms with van der Waals surface area (Å²) in [5.74, 6) is -2.66. The number of nitriles is 1. The minimum atomic E-state index is -3.65. The van der Waals surface area contributed by atoms with Gasteiger partial charge in [-0.25, -0.2) is 37.3 Å². The quantitative estimate of drug-likeness (QED) is 0.452. The van der Waals surface area contributed by atoms with Gasteiger partial charge in [0.1, 0.15) is 18.4 Å². The number of carboxylic acids is 1. The first kappa shape index (κ1) is 28.6. The van der Waals surface area contributed by atoms with Crippen LogP contribution in [0.4, 0.5) is 9.18 Å². The van der Waals surface area contributed by atoms with E-state index in [1.807, 2.05) is 6.07 Å². The second kappa shape index (κ2) is 11.4. The highest BCUT2D eigenvalue weighted by Crippen LogP contribution is 2.45. The van der Waals surface area contributed by atoms with Crippen molar-refractivity contribution in [3.63, 3.8) is 0 Å². The van der Waals surface area contributed by atoms with E-state index in [1.165, 1.54) is 12.3 Å². The van der Waals surface area contributed by atoms with Gasteiger partial charge in [-0.1, -0.05) is 17.7 Å². The van der Waals surface area contributed by atoms with Gasteiger partial charge in [0.2, 0.25) is 10.0 Å². The lowest BCUT2D eigenvalue weighted by Gasteiger charge is -2.39. The molecule has 1 aliphatic carbocycles. The maximum atomic E-state index is 13.9. The van der Waals surface area contributed by atoms with Crippen molar-refractivity contribution >= 4 is 50.9 Å². The van der Waals surface area contributed by atoms with E-state index in [4.69, 9.17) is 16.9 Å². The number of nitrogens with zero attached hydrogens (tertiary/aromatic N) is 5. The summed E-state index contributed by atoms with van der Waals surface area (Å²) >= 11 is 7.43. The number of aliphatic imine (C=N–C) groups is 1. The molecule has 0 saturated heterocycles. The third-order valence-electron chi connectivity index (χ3n) is 6.72. The van der Waals surface area contributed by atoms with E-state index in [2.05, 4.69) is 9.98 Å². The smallest absolute Gasteiger partial charge is 0.413 e. The Morgan fingerprint density at radius 1 is 1.28 bits per heavy atom. The zero-order valence-electron chi connectivity index (χ0n) is 20.5. The zero-order chi connectivity index (χ0) is 28.5. The van der Waals surface area contributed by atoms with E-state index in [0.29, 0.717) is 25.7 Å². The number of amidine groups is 1. The molecule has 1 aromatic heterocycles. The number of carbonyl (C=O) groups is 2. The third kappa shape index (κ3) is 5.81. The molecule has 1 fully saturated rings. The topological polar surface area (TPSA) is 164 Å². The fraction of sp³-hybridized carbons (Fsp3) is 0.375. The molecule has 1 aromatic carbocycles. The number of rotatable bonds is 7. The van der Waals surface area contributed by atoms with Gasteiger partial charge < -0.3 is 10.2 Å². The van der Waals surface area contributed by atoms with E-state index < -0.39 is 45.9 Å². The van der Waals surface area contributed by atoms with Crippen molar-refractivity contribution in [2.24, 2.45) is 10.9 Å². The Hall–Kier alpha value is -3.38. The van der Waals surface area contributed by atoms with Crippen molar-refractivity contribution in [1.82, 2.24) is 14.2 Å². The van der Waals surface area contributed by atoms with E-state index in [-0.39, 0.29) is 39.2 Å². The molecule has 1 saturated carbocycles. The number of hydrogen-bond donors (Lipinski definition) is 2. The molecular formula is C24H23ClFN5O6S2. The van der Waals surface area contributed by atoms with Crippen LogP contribution in [0.3, 0.4) is 0 Å². The molecule has 2 aromatic rings. The second-order valence-corrected chi connectivity index (χ2v) is 12.3. The van der Waals surface area contributed by atoms with Gasteiger partial charge in [-0.2, -0.15) is 9.57 Å². The normalized spacial score (nSPS) is 22.0. The fourth-order valence-electron chi connectivity index (χ4n) is 5.09. The number of amides is 1. The largest absolute Gasteiger partial charge is 0.478 e. The average Bonchev–Trinajstić information content (AvgIpc) is 3.40. The Balaban J connectivity index is 1.84. The van der Waals surface area contributed by atoms with Crippen LogP contribution < -0.4 is 0 Å². The Bertz CT molecular complexity index is 1500. The first-order chi connectivity index (χ1) is 18.4. The molecule has 1 amide bonds. The van der Waals surface area contributed by atoms with Crippen LogP contribution in [0.2, 0.25) is 5.02 Å². The van der Waals surface area contributed by atoms with Crippen LogP contribution in [-0.4, -0.2) is 69.6 Å². The molecule has 2 heterocycles. The molecule has 39 heavy (non-hydrogen) atoms. The molecule has 11 nitrogen and oxygen atoms in total. The average molecular weight is 596 g/mol. The van der Waals surface area contributed by atoms with Crippen LogP contribution >= 0.6 is 22.9 Å². The van der Waals surface area contributed by atoms with Crippen molar-refractivity contribution in [2.75, 3.05) is 12.8 Å². The Morgan fingerprint density at radius 2 is 1.97 bits per heavy atom. The lowest BCUT2D eigenvalue weighted by molar-refractivity contribution is -0.133. The van der Waals surface area contributed by atoms with Gasteiger partial charge in [0.15, 0.2) is 10.8 Å². The summed E-state index contributed by atoms with van der Waals surface area (Å²) in [6.45, 7) is -0.303. The van der Waals surface area contributed by atoms with Gasteiger partial charge >= 0.3 is 12.1 Å². The highest BCUT2D eigenvalue weighted by molar-refractivity contribution is 7.88. The molecule has 1 atom stereocenters. The third-order valence-corrected chi connectivity index (χ3v) is 9.10. The Labute approximate surface area is 232 Å². The molecule has 1 aliphatic heterocycles. The van der Waals surface area contributed by atoms with E-state index in [0.717, 1.165) is 38.9 Å². The molecule has 2 aliphatic rings. The SMILES string of the molecule is CS(=O)(=O)N(CC#N)C1CCC(C2=C(C(=O)O)C(c3ccc(F)cc3Cl)N(C(=O)O)C(c3nccs3)=N2)CC1.